The lowest BCUT2D eigenvalue weighted by molar-refractivity contribution is -0.112. The maximum absolute atomic E-state index is 12.3. The largest absolute Gasteiger partial charge is 0.504 e. The number of hydrogen-bond acceptors (Lipinski definition) is 6. The van der Waals surface area contributed by atoms with Gasteiger partial charge < -0.3 is 19.9 Å². The van der Waals surface area contributed by atoms with Crippen LogP contribution in [0.1, 0.15) is 22.8 Å². The van der Waals surface area contributed by atoms with E-state index in [4.69, 9.17) is 9.47 Å². The molecule has 1 amide bonds. The first-order valence-electron chi connectivity index (χ1n) is 8.05. The van der Waals surface area contributed by atoms with E-state index in [-0.39, 0.29) is 23.7 Å². The lowest BCUT2D eigenvalue weighted by Gasteiger charge is -2.07. The average Bonchev–Trinajstić information content (AvgIpc) is 2.67. The first-order chi connectivity index (χ1) is 13.0. The summed E-state index contributed by atoms with van der Waals surface area (Å²) < 4.78 is 9.84. The van der Waals surface area contributed by atoms with Crippen LogP contribution in [0.25, 0.3) is 6.08 Å². The minimum atomic E-state index is -0.614. The molecule has 0 spiro atoms. The molecule has 0 aliphatic heterocycles. The standard InChI is InChI=1S/C20H18N2O5/c1-3-27-20(25)14-5-7-16(8-6-14)22-19(24)15(12-21)10-13-4-9-18(26-2)17(23)11-13/h4-11,23H,3H2,1-2H3,(H,22,24)/b15-10-. The van der Waals surface area contributed by atoms with Crippen molar-refractivity contribution in [3.05, 3.63) is 59.2 Å². The number of nitrogens with one attached hydrogen (secondary N) is 1. The van der Waals surface area contributed by atoms with Gasteiger partial charge in [-0.05, 0) is 55.0 Å². The second-order valence-corrected chi connectivity index (χ2v) is 5.35. The molecule has 2 rings (SSSR count). The fourth-order valence-electron chi connectivity index (χ4n) is 2.21. The minimum Gasteiger partial charge on any atom is -0.504 e. The molecule has 0 fully saturated rings. The molecular formula is C20H18N2O5. The molecule has 0 aliphatic rings. The maximum Gasteiger partial charge on any atom is 0.338 e. The summed E-state index contributed by atoms with van der Waals surface area (Å²) in [7, 11) is 1.42. The predicted molar refractivity (Wildman–Crippen MR) is 99.3 cm³/mol. The van der Waals surface area contributed by atoms with Gasteiger partial charge in [-0.3, -0.25) is 4.79 Å². The van der Waals surface area contributed by atoms with Crippen LogP contribution < -0.4 is 10.1 Å². The minimum absolute atomic E-state index is 0.0986. The number of amides is 1. The highest BCUT2D eigenvalue weighted by Crippen LogP contribution is 2.27. The summed E-state index contributed by atoms with van der Waals surface area (Å²) in [6.07, 6.45) is 1.35. The first kappa shape index (κ1) is 19.5. The quantitative estimate of drug-likeness (QED) is 0.462. The van der Waals surface area contributed by atoms with Crippen molar-refractivity contribution in [1.29, 1.82) is 5.26 Å². The number of carbonyl (C=O) groups excluding carboxylic acids is 2. The molecule has 2 N–H and O–H groups in total. The zero-order chi connectivity index (χ0) is 19.8. The molecule has 0 heterocycles. The van der Waals surface area contributed by atoms with Gasteiger partial charge in [-0.25, -0.2) is 4.79 Å². The van der Waals surface area contributed by atoms with Gasteiger partial charge in [-0.1, -0.05) is 6.07 Å². The van der Waals surface area contributed by atoms with E-state index in [1.54, 1.807) is 25.1 Å². The molecule has 27 heavy (non-hydrogen) atoms. The van der Waals surface area contributed by atoms with Crippen LogP contribution >= 0.6 is 0 Å². The number of hydrogen-bond donors (Lipinski definition) is 2. The molecule has 2 aromatic carbocycles. The van der Waals surface area contributed by atoms with E-state index in [0.29, 0.717) is 16.8 Å². The van der Waals surface area contributed by atoms with Crippen LogP contribution in [-0.2, 0) is 9.53 Å². The van der Waals surface area contributed by atoms with E-state index in [1.807, 2.05) is 6.07 Å². The number of anilines is 1. The number of phenols is 1. The molecule has 2 aromatic rings. The first-order valence-corrected chi connectivity index (χ1v) is 8.05. The van der Waals surface area contributed by atoms with E-state index in [1.165, 1.54) is 37.5 Å². The molecule has 0 radical (unpaired) electrons. The van der Waals surface area contributed by atoms with Gasteiger partial charge in [0.15, 0.2) is 11.5 Å². The molecule has 0 saturated carbocycles. The molecule has 7 nitrogen and oxygen atoms in total. The Morgan fingerprint density at radius 3 is 2.48 bits per heavy atom. The highest BCUT2D eigenvalue weighted by atomic mass is 16.5. The number of rotatable bonds is 6. The van der Waals surface area contributed by atoms with Crippen molar-refractivity contribution >= 4 is 23.6 Å². The van der Waals surface area contributed by atoms with Gasteiger partial charge in [0.1, 0.15) is 11.6 Å². The lowest BCUT2D eigenvalue weighted by Crippen LogP contribution is -2.13. The third-order valence-corrected chi connectivity index (χ3v) is 3.53. The third-order valence-electron chi connectivity index (χ3n) is 3.53. The van der Waals surface area contributed by atoms with Crippen molar-refractivity contribution in [3.63, 3.8) is 0 Å². The van der Waals surface area contributed by atoms with Gasteiger partial charge in [0.2, 0.25) is 0 Å². The van der Waals surface area contributed by atoms with Gasteiger partial charge in [0.25, 0.3) is 5.91 Å². The molecule has 0 bridgehead atoms. The number of nitrogens with zero attached hydrogens (tertiary/aromatic N) is 1. The molecule has 7 heteroatoms. The summed E-state index contributed by atoms with van der Waals surface area (Å²) >= 11 is 0. The van der Waals surface area contributed by atoms with Crippen LogP contribution in [0.2, 0.25) is 0 Å². The van der Waals surface area contributed by atoms with Crippen LogP contribution in [-0.4, -0.2) is 30.7 Å². The Morgan fingerprint density at radius 1 is 1.22 bits per heavy atom. The third kappa shape index (κ3) is 5.09. The Balaban J connectivity index is 2.14. The Kier molecular flexibility index (Phi) is 6.55. The van der Waals surface area contributed by atoms with Crippen LogP contribution in [0, 0.1) is 11.3 Å². The number of benzene rings is 2. The summed E-state index contributed by atoms with van der Waals surface area (Å²) in [6, 6.07) is 12.5. The number of aromatic hydroxyl groups is 1. The predicted octanol–water partition coefficient (Wildman–Crippen LogP) is 3.12. The number of phenolic OH excluding ortho intramolecular Hbond substituents is 1. The van der Waals surface area contributed by atoms with Crippen LogP contribution in [0.4, 0.5) is 5.69 Å². The van der Waals surface area contributed by atoms with Gasteiger partial charge >= 0.3 is 5.97 Å². The molecular weight excluding hydrogens is 348 g/mol. The monoisotopic (exact) mass is 366 g/mol. The van der Waals surface area contributed by atoms with Crippen LogP contribution in [0.3, 0.4) is 0 Å². The van der Waals surface area contributed by atoms with Crippen molar-refractivity contribution in [1.82, 2.24) is 0 Å². The Bertz CT molecular complexity index is 911. The molecule has 0 aromatic heterocycles. The Hall–Kier alpha value is -3.79. The van der Waals surface area contributed by atoms with Gasteiger partial charge in [0.05, 0.1) is 19.3 Å². The van der Waals surface area contributed by atoms with Crippen molar-refractivity contribution in [3.8, 4) is 17.6 Å². The zero-order valence-corrected chi connectivity index (χ0v) is 14.9. The van der Waals surface area contributed by atoms with E-state index in [0.717, 1.165) is 0 Å². The second kappa shape index (κ2) is 9.06. The summed E-state index contributed by atoms with van der Waals surface area (Å²) in [4.78, 5) is 23.9. The highest BCUT2D eigenvalue weighted by molar-refractivity contribution is 6.09. The van der Waals surface area contributed by atoms with Crippen molar-refractivity contribution in [2.75, 3.05) is 19.0 Å². The Morgan fingerprint density at radius 2 is 1.93 bits per heavy atom. The number of methoxy groups -OCH3 is 1. The molecule has 138 valence electrons. The summed E-state index contributed by atoms with van der Waals surface area (Å²) in [6.45, 7) is 1.99. The summed E-state index contributed by atoms with van der Waals surface area (Å²) in [5, 5.41) is 21.6. The summed E-state index contributed by atoms with van der Waals surface area (Å²) in [5.41, 5.74) is 1.11. The number of esters is 1. The number of ether oxygens (including phenoxy) is 2. The van der Waals surface area contributed by atoms with Crippen LogP contribution in [0.5, 0.6) is 11.5 Å². The highest BCUT2D eigenvalue weighted by Gasteiger charge is 2.12. The van der Waals surface area contributed by atoms with E-state index >= 15 is 0 Å². The van der Waals surface area contributed by atoms with E-state index in [2.05, 4.69) is 5.32 Å². The fraction of sp³-hybridized carbons (Fsp3) is 0.150. The molecule has 0 saturated heterocycles. The smallest absolute Gasteiger partial charge is 0.338 e. The number of nitriles is 1. The molecule has 0 unspecified atom stereocenters. The van der Waals surface area contributed by atoms with Crippen molar-refractivity contribution in [2.45, 2.75) is 6.92 Å². The van der Waals surface area contributed by atoms with Crippen molar-refractivity contribution in [2.24, 2.45) is 0 Å². The SMILES string of the molecule is CCOC(=O)c1ccc(NC(=O)/C(C#N)=C\c2ccc(OC)c(O)c2)cc1. The normalized spacial score (nSPS) is 10.6. The van der Waals surface area contributed by atoms with Gasteiger partial charge in [0, 0.05) is 5.69 Å². The topological polar surface area (TPSA) is 109 Å². The maximum atomic E-state index is 12.3. The zero-order valence-electron chi connectivity index (χ0n) is 14.9. The van der Waals surface area contributed by atoms with Gasteiger partial charge in [-0.15, -0.1) is 0 Å². The molecule has 0 atom stereocenters. The van der Waals surface area contributed by atoms with Gasteiger partial charge in [-0.2, -0.15) is 5.26 Å². The summed E-state index contributed by atoms with van der Waals surface area (Å²) in [5.74, 6) is -0.876. The van der Waals surface area contributed by atoms with Crippen LogP contribution in [0.15, 0.2) is 48.0 Å². The average molecular weight is 366 g/mol. The van der Waals surface area contributed by atoms with E-state index in [9.17, 15) is 20.0 Å². The lowest BCUT2D eigenvalue weighted by atomic mass is 10.1. The Labute approximate surface area is 156 Å². The van der Waals surface area contributed by atoms with Crippen molar-refractivity contribution < 1.29 is 24.2 Å². The van der Waals surface area contributed by atoms with E-state index < -0.39 is 11.9 Å². The fourth-order valence-corrected chi connectivity index (χ4v) is 2.21. The second-order valence-electron chi connectivity index (χ2n) is 5.35. The number of carbonyl (C=O) groups is 2. The molecule has 0 aliphatic carbocycles.